The second-order valence-corrected chi connectivity index (χ2v) is 2.98. The first-order valence-corrected chi connectivity index (χ1v) is 4.01. The van der Waals surface area contributed by atoms with Crippen molar-refractivity contribution in [2.24, 2.45) is 0 Å². The van der Waals surface area contributed by atoms with E-state index in [9.17, 15) is 19.7 Å². The Labute approximate surface area is 88.2 Å². The molecule has 78 valence electrons. The van der Waals surface area contributed by atoms with E-state index in [1.165, 1.54) is 0 Å². The molecule has 0 saturated carbocycles. The normalized spacial score (nSPS) is 9.67. The number of benzene rings is 1. The van der Waals surface area contributed by atoms with Gasteiger partial charge in [0.15, 0.2) is 6.29 Å². The Bertz CT molecular complexity index is 457. The molecule has 0 atom stereocenters. The minimum atomic E-state index is -1.35. The van der Waals surface area contributed by atoms with Crippen LogP contribution < -0.4 is 0 Å². The highest BCUT2D eigenvalue weighted by Crippen LogP contribution is 2.26. The first kappa shape index (κ1) is 11.1. The summed E-state index contributed by atoms with van der Waals surface area (Å²) in [5, 5.41) is 18.9. The molecule has 0 radical (unpaired) electrons. The van der Waals surface area contributed by atoms with Crippen LogP contribution in [-0.4, -0.2) is 22.3 Å². The van der Waals surface area contributed by atoms with Crippen LogP contribution in [0.15, 0.2) is 12.1 Å². The topological polar surface area (TPSA) is 97.5 Å². The van der Waals surface area contributed by atoms with Gasteiger partial charge in [-0.25, -0.2) is 4.79 Å². The van der Waals surface area contributed by atoms with Crippen LogP contribution in [-0.2, 0) is 0 Å². The molecule has 0 bridgehead atoms. The number of carbonyl (C=O) groups is 2. The van der Waals surface area contributed by atoms with E-state index in [0.717, 1.165) is 12.1 Å². The summed E-state index contributed by atoms with van der Waals surface area (Å²) in [4.78, 5) is 30.7. The summed E-state index contributed by atoms with van der Waals surface area (Å²) in [5.41, 5.74) is -1.28. The van der Waals surface area contributed by atoms with Crippen LogP contribution in [0.4, 0.5) is 5.69 Å². The molecule has 0 aliphatic rings. The van der Waals surface area contributed by atoms with Crippen LogP contribution >= 0.6 is 11.6 Å². The van der Waals surface area contributed by atoms with Crippen LogP contribution in [0, 0.1) is 10.1 Å². The van der Waals surface area contributed by atoms with Crippen molar-refractivity contribution in [3.05, 3.63) is 38.4 Å². The Kier molecular flexibility index (Phi) is 3.01. The molecular formula is C8H4ClNO5. The molecule has 6 nitrogen and oxygen atoms in total. The van der Waals surface area contributed by atoms with E-state index >= 15 is 0 Å². The summed E-state index contributed by atoms with van der Waals surface area (Å²) in [6, 6.07) is 1.78. The van der Waals surface area contributed by atoms with Crippen LogP contribution in [0.25, 0.3) is 0 Å². The second kappa shape index (κ2) is 4.05. The standard InChI is InChI=1S/C8H4ClNO5/c9-6-1-4(8(12)13)2-7(10(14)15)5(6)3-11/h1-3H,(H,12,13). The third kappa shape index (κ3) is 2.10. The smallest absolute Gasteiger partial charge is 0.335 e. The van der Waals surface area contributed by atoms with E-state index in [4.69, 9.17) is 16.7 Å². The molecule has 1 rings (SSSR count). The van der Waals surface area contributed by atoms with Gasteiger partial charge in [0.1, 0.15) is 5.56 Å². The Morgan fingerprint density at radius 3 is 2.53 bits per heavy atom. The fraction of sp³-hybridized carbons (Fsp3) is 0. The number of carboxylic acid groups (broad SMARTS) is 1. The number of carboxylic acids is 1. The summed E-state index contributed by atoms with van der Waals surface area (Å²) in [6.07, 6.45) is 0.214. The van der Waals surface area contributed by atoms with E-state index in [1.807, 2.05) is 0 Å². The number of aldehydes is 1. The average Bonchev–Trinajstić information content (AvgIpc) is 2.16. The minimum Gasteiger partial charge on any atom is -0.478 e. The quantitative estimate of drug-likeness (QED) is 0.484. The number of hydrogen-bond donors (Lipinski definition) is 1. The number of nitrogens with zero attached hydrogens (tertiary/aromatic N) is 1. The van der Waals surface area contributed by atoms with Gasteiger partial charge < -0.3 is 5.11 Å². The van der Waals surface area contributed by atoms with Gasteiger partial charge in [0.05, 0.1) is 15.5 Å². The van der Waals surface area contributed by atoms with Crippen molar-refractivity contribution in [3.8, 4) is 0 Å². The van der Waals surface area contributed by atoms with Crippen molar-refractivity contribution >= 4 is 29.5 Å². The summed E-state index contributed by atoms with van der Waals surface area (Å²) in [5.74, 6) is -1.35. The molecule has 1 aromatic carbocycles. The highest BCUT2D eigenvalue weighted by molar-refractivity contribution is 6.33. The van der Waals surface area contributed by atoms with Crippen molar-refractivity contribution in [2.45, 2.75) is 0 Å². The first-order chi connectivity index (χ1) is 6.97. The lowest BCUT2D eigenvalue weighted by molar-refractivity contribution is -0.385. The zero-order valence-corrected chi connectivity index (χ0v) is 7.89. The molecule has 0 amide bonds. The van der Waals surface area contributed by atoms with Gasteiger partial charge in [0, 0.05) is 6.07 Å². The van der Waals surface area contributed by atoms with Gasteiger partial charge in [0.25, 0.3) is 5.69 Å². The Morgan fingerprint density at radius 1 is 1.53 bits per heavy atom. The molecule has 1 N–H and O–H groups in total. The first-order valence-electron chi connectivity index (χ1n) is 3.63. The highest BCUT2D eigenvalue weighted by atomic mass is 35.5. The van der Waals surface area contributed by atoms with Crippen LogP contribution in [0.3, 0.4) is 0 Å². The Hall–Kier alpha value is -1.95. The molecule has 0 saturated heterocycles. The van der Waals surface area contributed by atoms with E-state index in [0.29, 0.717) is 0 Å². The molecule has 15 heavy (non-hydrogen) atoms. The predicted octanol–water partition coefficient (Wildman–Crippen LogP) is 1.76. The largest absolute Gasteiger partial charge is 0.478 e. The maximum Gasteiger partial charge on any atom is 0.335 e. The number of aromatic carboxylic acids is 1. The number of nitro benzene ring substituents is 1. The lowest BCUT2D eigenvalue weighted by atomic mass is 10.1. The van der Waals surface area contributed by atoms with Crippen LogP contribution in [0.2, 0.25) is 5.02 Å². The fourth-order valence-electron chi connectivity index (χ4n) is 0.995. The van der Waals surface area contributed by atoms with Crippen molar-refractivity contribution in [3.63, 3.8) is 0 Å². The van der Waals surface area contributed by atoms with Gasteiger partial charge >= 0.3 is 5.97 Å². The third-order valence-electron chi connectivity index (χ3n) is 1.67. The van der Waals surface area contributed by atoms with Crippen molar-refractivity contribution in [2.75, 3.05) is 0 Å². The molecular weight excluding hydrogens is 226 g/mol. The van der Waals surface area contributed by atoms with E-state index in [-0.39, 0.29) is 22.4 Å². The summed E-state index contributed by atoms with van der Waals surface area (Å²) in [7, 11) is 0. The fourth-order valence-corrected chi connectivity index (χ4v) is 1.25. The van der Waals surface area contributed by atoms with Crippen molar-refractivity contribution in [1.29, 1.82) is 0 Å². The van der Waals surface area contributed by atoms with E-state index < -0.39 is 16.6 Å². The Balaban J connectivity index is 3.52. The predicted molar refractivity (Wildman–Crippen MR) is 50.5 cm³/mol. The average molecular weight is 230 g/mol. The van der Waals surface area contributed by atoms with E-state index in [2.05, 4.69) is 0 Å². The molecule has 7 heteroatoms. The minimum absolute atomic E-state index is 0.214. The molecule has 0 heterocycles. The number of hydrogen-bond acceptors (Lipinski definition) is 4. The molecule has 0 spiro atoms. The molecule has 0 aliphatic carbocycles. The molecule has 0 aliphatic heterocycles. The Morgan fingerprint density at radius 2 is 2.13 bits per heavy atom. The monoisotopic (exact) mass is 229 g/mol. The summed E-state index contributed by atoms with van der Waals surface area (Å²) < 4.78 is 0. The summed E-state index contributed by atoms with van der Waals surface area (Å²) in [6.45, 7) is 0. The number of nitro groups is 1. The second-order valence-electron chi connectivity index (χ2n) is 2.57. The molecule has 0 aromatic heterocycles. The van der Waals surface area contributed by atoms with Crippen LogP contribution in [0.1, 0.15) is 20.7 Å². The lowest BCUT2D eigenvalue weighted by Crippen LogP contribution is -2.02. The van der Waals surface area contributed by atoms with Crippen molar-refractivity contribution < 1.29 is 19.6 Å². The SMILES string of the molecule is O=Cc1c(Cl)cc(C(=O)O)cc1[N+](=O)[O-]. The maximum absolute atomic E-state index is 10.6. The zero-order chi connectivity index (χ0) is 11.6. The van der Waals surface area contributed by atoms with E-state index in [1.54, 1.807) is 0 Å². The molecule has 1 aromatic rings. The maximum atomic E-state index is 10.6. The molecule has 0 fully saturated rings. The molecule has 0 unspecified atom stereocenters. The zero-order valence-electron chi connectivity index (χ0n) is 7.14. The van der Waals surface area contributed by atoms with Gasteiger partial charge in [-0.15, -0.1) is 0 Å². The number of rotatable bonds is 3. The number of carbonyl (C=O) groups excluding carboxylic acids is 1. The van der Waals surface area contributed by atoms with Gasteiger partial charge in [-0.05, 0) is 6.07 Å². The van der Waals surface area contributed by atoms with Gasteiger partial charge in [-0.1, -0.05) is 11.6 Å². The van der Waals surface area contributed by atoms with Gasteiger partial charge in [-0.3, -0.25) is 14.9 Å². The number of halogens is 1. The van der Waals surface area contributed by atoms with Crippen LogP contribution in [0.5, 0.6) is 0 Å². The van der Waals surface area contributed by atoms with Gasteiger partial charge in [0.2, 0.25) is 0 Å². The van der Waals surface area contributed by atoms with Crippen molar-refractivity contribution in [1.82, 2.24) is 0 Å². The third-order valence-corrected chi connectivity index (χ3v) is 1.98. The highest BCUT2D eigenvalue weighted by Gasteiger charge is 2.20. The summed E-state index contributed by atoms with van der Waals surface area (Å²) >= 11 is 5.52. The lowest BCUT2D eigenvalue weighted by Gasteiger charge is -2.00. The van der Waals surface area contributed by atoms with Gasteiger partial charge in [-0.2, -0.15) is 0 Å².